The molecule has 1 unspecified atom stereocenters. The number of carbonyl (C=O) groups is 1. The summed E-state index contributed by atoms with van der Waals surface area (Å²) in [7, 11) is -4.17. The van der Waals surface area contributed by atoms with Gasteiger partial charge in [-0.2, -0.15) is 0 Å². The van der Waals surface area contributed by atoms with Crippen molar-refractivity contribution in [2.45, 2.75) is 63.4 Å². The van der Waals surface area contributed by atoms with Crippen molar-refractivity contribution < 1.29 is 36.8 Å². The second-order valence-corrected chi connectivity index (χ2v) is 11.9. The van der Waals surface area contributed by atoms with Gasteiger partial charge in [-0.1, -0.05) is 37.6 Å². The van der Waals surface area contributed by atoms with Crippen LogP contribution in [0.15, 0.2) is 46.1 Å². The number of alkyl halides is 1. The minimum Gasteiger partial charge on any atom is -0.455 e. The Morgan fingerprint density at radius 3 is 2.77 bits per heavy atom. The Morgan fingerprint density at radius 1 is 1.36 bits per heavy atom. The predicted octanol–water partition coefficient (Wildman–Crippen LogP) is 3.01. The molecule has 0 spiro atoms. The van der Waals surface area contributed by atoms with E-state index in [1.807, 2.05) is 4.98 Å². The standard InChI is InChI=1S/C24H30ClFN3O9P/c1-13(2)19(27)21(31)37-20-17(36-22(24(20,3)26)29-9-7-18(30)28-23(29)32)12-35-39(33)34-10-8-16(38-39)14-5-4-6-15(25)11-14/h4-7,9,11,13,16-17,19-20,22H,8,10,12,27H2,1-3H3,(H,28,30,32)/t16-,17+,19-,20+,22+,24+,39?/m0/s1. The Labute approximate surface area is 228 Å². The quantitative estimate of drug-likeness (QED) is 0.346. The van der Waals surface area contributed by atoms with Gasteiger partial charge in [0.1, 0.15) is 12.1 Å². The summed E-state index contributed by atoms with van der Waals surface area (Å²) in [5.74, 6) is -1.22. The van der Waals surface area contributed by atoms with Crippen molar-refractivity contribution in [3.63, 3.8) is 0 Å². The second-order valence-electron chi connectivity index (χ2n) is 9.84. The first-order valence-electron chi connectivity index (χ1n) is 12.3. The number of nitrogens with zero attached hydrogens (tertiary/aromatic N) is 1. The van der Waals surface area contributed by atoms with Gasteiger partial charge in [-0.3, -0.25) is 32.7 Å². The molecule has 0 saturated carbocycles. The van der Waals surface area contributed by atoms with E-state index in [4.69, 9.17) is 40.4 Å². The molecule has 214 valence electrons. The van der Waals surface area contributed by atoms with Gasteiger partial charge in [-0.05, 0) is 30.5 Å². The first kappa shape index (κ1) is 29.6. The zero-order valence-electron chi connectivity index (χ0n) is 21.5. The largest absolute Gasteiger partial charge is 0.475 e. The van der Waals surface area contributed by atoms with Crippen molar-refractivity contribution in [1.82, 2.24) is 9.55 Å². The van der Waals surface area contributed by atoms with Crippen LogP contribution >= 0.6 is 19.4 Å². The lowest BCUT2D eigenvalue weighted by Gasteiger charge is -2.31. The molecule has 0 amide bonds. The highest BCUT2D eigenvalue weighted by Crippen LogP contribution is 2.57. The predicted molar refractivity (Wildman–Crippen MR) is 137 cm³/mol. The maximum Gasteiger partial charge on any atom is 0.475 e. The van der Waals surface area contributed by atoms with Crippen molar-refractivity contribution in [1.29, 1.82) is 0 Å². The van der Waals surface area contributed by atoms with Gasteiger partial charge in [0.25, 0.3) is 5.56 Å². The summed E-state index contributed by atoms with van der Waals surface area (Å²) < 4.78 is 58.0. The molecule has 3 heterocycles. The SMILES string of the molecule is CC(C)[C@H](N)C(=O)O[C@@H]1[C@@H](COP2(=O)OCC[C@@H](c3cccc(Cl)c3)O2)O[C@@H](n2ccc(=O)[nH]c2=O)[C@]1(C)F. The van der Waals surface area contributed by atoms with Crippen molar-refractivity contribution in [2.24, 2.45) is 11.7 Å². The normalized spacial score (nSPS) is 31.8. The number of H-pyrrole nitrogens is 1. The lowest BCUT2D eigenvalue weighted by Crippen LogP contribution is -2.49. The highest BCUT2D eigenvalue weighted by Gasteiger charge is 2.59. The van der Waals surface area contributed by atoms with Crippen LogP contribution in [0.25, 0.3) is 0 Å². The lowest BCUT2D eigenvalue weighted by atomic mass is 9.97. The molecule has 0 radical (unpaired) electrons. The molecule has 4 rings (SSSR count). The van der Waals surface area contributed by atoms with E-state index in [1.54, 1.807) is 38.1 Å². The maximum absolute atomic E-state index is 16.3. The van der Waals surface area contributed by atoms with Gasteiger partial charge in [-0.15, -0.1) is 0 Å². The number of rotatable bonds is 8. The molecule has 7 atom stereocenters. The molecule has 0 bridgehead atoms. The molecule has 2 aliphatic heterocycles. The second kappa shape index (κ2) is 11.6. The van der Waals surface area contributed by atoms with Crippen LogP contribution in [0.3, 0.4) is 0 Å². The lowest BCUT2D eigenvalue weighted by molar-refractivity contribution is -0.161. The third-order valence-electron chi connectivity index (χ3n) is 6.52. The van der Waals surface area contributed by atoms with Crippen molar-refractivity contribution in [3.05, 3.63) is 68.0 Å². The van der Waals surface area contributed by atoms with Crippen molar-refractivity contribution >= 4 is 25.4 Å². The number of benzene rings is 1. The van der Waals surface area contributed by atoms with E-state index in [9.17, 15) is 18.9 Å². The van der Waals surface area contributed by atoms with Gasteiger partial charge >= 0.3 is 19.5 Å². The summed E-state index contributed by atoms with van der Waals surface area (Å²) in [5.41, 5.74) is 2.41. The molecule has 12 nitrogen and oxygen atoms in total. The van der Waals surface area contributed by atoms with Gasteiger partial charge in [-0.25, -0.2) is 13.8 Å². The van der Waals surface area contributed by atoms with Crippen LogP contribution in [0.5, 0.6) is 0 Å². The molecule has 3 N–H and O–H groups in total. The van der Waals surface area contributed by atoms with Crippen molar-refractivity contribution in [2.75, 3.05) is 13.2 Å². The average molecular weight is 590 g/mol. The Morgan fingerprint density at radius 2 is 2.10 bits per heavy atom. The Bertz CT molecular complexity index is 1370. The van der Waals surface area contributed by atoms with E-state index in [1.165, 1.54) is 0 Å². The third-order valence-corrected chi connectivity index (χ3v) is 8.23. The van der Waals surface area contributed by atoms with Gasteiger partial charge in [0.2, 0.25) is 0 Å². The Kier molecular flexibility index (Phi) is 8.82. The Hall–Kier alpha value is -2.38. The average Bonchev–Trinajstić information content (AvgIpc) is 3.11. The zero-order valence-corrected chi connectivity index (χ0v) is 23.1. The first-order chi connectivity index (χ1) is 18.3. The smallest absolute Gasteiger partial charge is 0.455 e. The number of esters is 1. The summed E-state index contributed by atoms with van der Waals surface area (Å²) in [6.07, 6.45) is -3.87. The van der Waals surface area contributed by atoms with Crippen LogP contribution in [0.4, 0.5) is 4.39 Å². The fourth-order valence-electron chi connectivity index (χ4n) is 4.29. The van der Waals surface area contributed by atoms with E-state index in [2.05, 4.69) is 0 Å². The molecule has 2 aromatic rings. The molecule has 39 heavy (non-hydrogen) atoms. The van der Waals surface area contributed by atoms with Gasteiger partial charge in [0.15, 0.2) is 18.0 Å². The summed E-state index contributed by atoms with van der Waals surface area (Å²) >= 11 is 6.06. The minimum atomic E-state index is -4.17. The molecule has 15 heteroatoms. The molecule has 1 aromatic carbocycles. The van der Waals surface area contributed by atoms with Gasteiger partial charge in [0, 0.05) is 23.7 Å². The summed E-state index contributed by atoms with van der Waals surface area (Å²) in [6, 6.07) is 6.76. The number of nitrogens with one attached hydrogen (secondary N) is 1. The van der Waals surface area contributed by atoms with E-state index in [0.717, 1.165) is 23.8 Å². The van der Waals surface area contributed by atoms with E-state index in [-0.39, 0.29) is 12.5 Å². The molecule has 2 fully saturated rings. The van der Waals surface area contributed by atoms with Crippen molar-refractivity contribution in [3.8, 4) is 0 Å². The highest BCUT2D eigenvalue weighted by molar-refractivity contribution is 7.48. The summed E-state index contributed by atoms with van der Waals surface area (Å²) in [5, 5.41) is 0.465. The Balaban J connectivity index is 1.57. The molecule has 0 aliphatic carbocycles. The number of ether oxygens (including phenoxy) is 2. The van der Waals surface area contributed by atoms with Crippen LogP contribution in [0, 0.1) is 5.92 Å². The van der Waals surface area contributed by atoms with Crippen LogP contribution in [0.1, 0.15) is 45.1 Å². The number of hydrogen-bond acceptors (Lipinski definition) is 10. The number of aromatic amines is 1. The monoisotopic (exact) mass is 589 g/mol. The van der Waals surface area contributed by atoms with Gasteiger partial charge in [0.05, 0.1) is 19.3 Å². The van der Waals surface area contributed by atoms with Crippen LogP contribution in [-0.4, -0.2) is 52.7 Å². The molecule has 2 aliphatic rings. The van der Waals surface area contributed by atoms with E-state index >= 15 is 4.39 Å². The number of aromatic nitrogens is 2. The summed E-state index contributed by atoms with van der Waals surface area (Å²) in [6.45, 7) is 3.89. The third kappa shape index (κ3) is 6.51. The minimum absolute atomic E-state index is 0.0395. The number of phosphoric ester groups is 1. The van der Waals surface area contributed by atoms with Gasteiger partial charge < -0.3 is 15.2 Å². The highest BCUT2D eigenvalue weighted by atomic mass is 35.5. The first-order valence-corrected chi connectivity index (χ1v) is 14.1. The maximum atomic E-state index is 16.3. The number of phosphoric acid groups is 1. The van der Waals surface area contributed by atoms with Crippen LogP contribution < -0.4 is 17.0 Å². The topological polar surface area (TPSA) is 161 Å². The molecule has 2 saturated heterocycles. The number of hydrogen-bond donors (Lipinski definition) is 2. The zero-order chi connectivity index (χ0) is 28.5. The van der Waals surface area contributed by atoms with E-state index < -0.39 is 67.9 Å². The van der Waals surface area contributed by atoms with E-state index in [0.29, 0.717) is 17.0 Å². The van der Waals surface area contributed by atoms with Crippen LogP contribution in [0.2, 0.25) is 5.02 Å². The number of carbonyl (C=O) groups excluding carboxylic acids is 1. The fraction of sp³-hybridized carbons (Fsp3) is 0.542. The number of halogens is 2. The summed E-state index contributed by atoms with van der Waals surface area (Å²) in [4.78, 5) is 38.6. The number of nitrogens with two attached hydrogens (primary N) is 1. The fourth-order valence-corrected chi connectivity index (χ4v) is 5.89. The molecular formula is C24H30ClFN3O9P. The molecular weight excluding hydrogens is 560 g/mol. The molecule has 1 aromatic heterocycles. The van der Waals surface area contributed by atoms with Crippen LogP contribution in [-0.2, 0) is 32.4 Å².